The van der Waals surface area contributed by atoms with Gasteiger partial charge in [0.15, 0.2) is 15.6 Å². The molecule has 0 spiro atoms. The highest BCUT2D eigenvalue weighted by Crippen LogP contribution is 2.29. The second-order valence-corrected chi connectivity index (χ2v) is 9.62. The molecule has 1 saturated carbocycles. The molecule has 0 atom stereocenters. The van der Waals surface area contributed by atoms with Gasteiger partial charge in [-0.05, 0) is 43.9 Å². The minimum Gasteiger partial charge on any atom is -0.490 e. The van der Waals surface area contributed by atoms with Crippen molar-refractivity contribution in [2.24, 2.45) is 0 Å². The highest BCUT2D eigenvalue weighted by atomic mass is 32.2. The minimum absolute atomic E-state index is 0.0127. The number of carbonyl (C=O) groups is 1. The van der Waals surface area contributed by atoms with Gasteiger partial charge in [-0.15, -0.1) is 0 Å². The maximum absolute atomic E-state index is 12.9. The van der Waals surface area contributed by atoms with Crippen LogP contribution in [0, 0.1) is 0 Å². The number of benzene rings is 2. The predicted octanol–water partition coefficient (Wildman–Crippen LogP) is 4.55. The smallest absolute Gasteiger partial charge is 0.291 e. The number of hydrogen-bond acceptors (Lipinski definition) is 5. The molecular formula is C22H23NO5S. The molecule has 4 rings (SSSR count). The van der Waals surface area contributed by atoms with E-state index in [0.29, 0.717) is 28.0 Å². The number of ether oxygens (including phenoxy) is 1. The van der Waals surface area contributed by atoms with Gasteiger partial charge >= 0.3 is 0 Å². The molecular weight excluding hydrogens is 390 g/mol. The lowest BCUT2D eigenvalue weighted by atomic mass is 10.1. The van der Waals surface area contributed by atoms with Crippen LogP contribution in [0.3, 0.4) is 0 Å². The van der Waals surface area contributed by atoms with E-state index in [4.69, 9.17) is 9.15 Å². The zero-order valence-corrected chi connectivity index (χ0v) is 17.0. The van der Waals surface area contributed by atoms with Crippen molar-refractivity contribution in [1.82, 2.24) is 0 Å². The molecule has 1 aliphatic carbocycles. The summed E-state index contributed by atoms with van der Waals surface area (Å²) in [5, 5.41) is 3.43. The number of sulfone groups is 1. The number of para-hydroxylation sites is 1. The molecule has 7 heteroatoms. The van der Waals surface area contributed by atoms with E-state index < -0.39 is 15.7 Å². The Morgan fingerprint density at radius 1 is 1.14 bits per heavy atom. The van der Waals surface area contributed by atoms with Crippen molar-refractivity contribution in [2.45, 2.75) is 37.5 Å². The molecule has 1 aliphatic rings. The number of carbonyl (C=O) groups excluding carboxylic acids is 1. The third-order valence-corrected chi connectivity index (χ3v) is 5.82. The van der Waals surface area contributed by atoms with Crippen LogP contribution >= 0.6 is 0 Å². The Kier molecular flexibility index (Phi) is 5.32. The summed E-state index contributed by atoms with van der Waals surface area (Å²) in [5.41, 5.74) is 1.42. The Hall–Kier alpha value is -2.80. The zero-order chi connectivity index (χ0) is 20.4. The van der Waals surface area contributed by atoms with Crippen LogP contribution in [0.1, 0.15) is 41.8 Å². The number of hydrogen-bond donors (Lipinski definition) is 1. The van der Waals surface area contributed by atoms with Gasteiger partial charge in [0.2, 0.25) is 0 Å². The maximum Gasteiger partial charge on any atom is 0.291 e. The van der Waals surface area contributed by atoms with Gasteiger partial charge in [-0.2, -0.15) is 0 Å². The lowest BCUT2D eigenvalue weighted by molar-refractivity contribution is 0.0998. The highest BCUT2D eigenvalue weighted by Gasteiger charge is 2.23. The Bertz CT molecular complexity index is 1140. The van der Waals surface area contributed by atoms with E-state index in [2.05, 4.69) is 5.32 Å². The van der Waals surface area contributed by atoms with Crippen LogP contribution in [0.5, 0.6) is 5.75 Å². The van der Waals surface area contributed by atoms with Gasteiger partial charge in [0.1, 0.15) is 11.3 Å². The second kappa shape index (κ2) is 7.91. The number of nitrogens with one attached hydrogen (secondary N) is 1. The molecule has 0 aliphatic heterocycles. The Morgan fingerprint density at radius 3 is 2.66 bits per heavy atom. The molecule has 2 aromatic carbocycles. The molecule has 0 saturated heterocycles. The number of amides is 1. The molecule has 0 radical (unpaired) electrons. The van der Waals surface area contributed by atoms with E-state index in [-0.39, 0.29) is 17.6 Å². The second-order valence-electron chi connectivity index (χ2n) is 7.48. The van der Waals surface area contributed by atoms with E-state index in [1.165, 1.54) is 12.8 Å². The fourth-order valence-electron chi connectivity index (χ4n) is 3.72. The van der Waals surface area contributed by atoms with Gasteiger partial charge in [-0.25, -0.2) is 8.42 Å². The zero-order valence-electron chi connectivity index (χ0n) is 16.2. The van der Waals surface area contributed by atoms with Gasteiger partial charge in [0.05, 0.1) is 11.9 Å². The van der Waals surface area contributed by atoms with Crippen molar-refractivity contribution in [3.63, 3.8) is 0 Å². The fourth-order valence-corrected chi connectivity index (χ4v) is 4.53. The van der Waals surface area contributed by atoms with Crippen LogP contribution < -0.4 is 10.1 Å². The normalized spacial score (nSPS) is 14.9. The van der Waals surface area contributed by atoms with Crippen molar-refractivity contribution in [3.05, 3.63) is 59.9 Å². The fraction of sp³-hybridized carbons (Fsp3) is 0.318. The number of furan rings is 1. The molecule has 0 bridgehead atoms. The summed E-state index contributed by atoms with van der Waals surface area (Å²) in [6.07, 6.45) is 5.81. The third kappa shape index (κ3) is 4.62. The van der Waals surface area contributed by atoms with Crippen molar-refractivity contribution in [1.29, 1.82) is 0 Å². The Labute approximate surface area is 169 Å². The standard InChI is InChI=1S/C22H23NO5S/c1-29(25,26)14-19-18-11-4-5-12-20(18)28-21(19)22(24)23-15-7-6-10-17(13-15)27-16-8-2-3-9-16/h4-7,10-13,16H,2-3,8-9,14H2,1H3,(H,23,24). The molecule has 1 N–H and O–H groups in total. The first-order valence-corrected chi connectivity index (χ1v) is 11.7. The lowest BCUT2D eigenvalue weighted by Gasteiger charge is -2.14. The summed E-state index contributed by atoms with van der Waals surface area (Å²) in [7, 11) is -3.35. The molecule has 1 fully saturated rings. The topological polar surface area (TPSA) is 85.6 Å². The van der Waals surface area contributed by atoms with Crippen LogP contribution in [-0.4, -0.2) is 26.7 Å². The van der Waals surface area contributed by atoms with Gasteiger partial charge in [-0.1, -0.05) is 24.3 Å². The van der Waals surface area contributed by atoms with E-state index in [9.17, 15) is 13.2 Å². The molecule has 3 aromatic rings. The summed E-state index contributed by atoms with van der Waals surface area (Å²) in [4.78, 5) is 12.9. The van der Waals surface area contributed by atoms with Crippen LogP contribution in [0.15, 0.2) is 52.9 Å². The monoisotopic (exact) mass is 413 g/mol. The van der Waals surface area contributed by atoms with E-state index in [0.717, 1.165) is 19.1 Å². The molecule has 1 aromatic heterocycles. The number of anilines is 1. The minimum atomic E-state index is -3.35. The van der Waals surface area contributed by atoms with Crippen molar-refractivity contribution in [3.8, 4) is 5.75 Å². The van der Waals surface area contributed by atoms with E-state index in [1.54, 1.807) is 36.4 Å². The number of fused-ring (bicyclic) bond motifs is 1. The largest absolute Gasteiger partial charge is 0.490 e. The first-order valence-electron chi connectivity index (χ1n) is 9.65. The predicted molar refractivity (Wildman–Crippen MR) is 112 cm³/mol. The summed E-state index contributed by atoms with van der Waals surface area (Å²) >= 11 is 0. The Morgan fingerprint density at radius 2 is 1.90 bits per heavy atom. The van der Waals surface area contributed by atoms with E-state index in [1.807, 2.05) is 12.1 Å². The number of rotatable bonds is 6. The van der Waals surface area contributed by atoms with Gasteiger partial charge in [0, 0.05) is 29.0 Å². The van der Waals surface area contributed by atoms with Crippen LogP contribution in [0.2, 0.25) is 0 Å². The Balaban J connectivity index is 1.60. The van der Waals surface area contributed by atoms with Gasteiger partial charge in [0.25, 0.3) is 5.91 Å². The van der Waals surface area contributed by atoms with Crippen LogP contribution in [0.25, 0.3) is 11.0 Å². The summed E-state index contributed by atoms with van der Waals surface area (Å²) < 4.78 is 35.5. The summed E-state index contributed by atoms with van der Waals surface area (Å²) in [6, 6.07) is 14.3. The molecule has 1 heterocycles. The third-order valence-electron chi connectivity index (χ3n) is 5.01. The van der Waals surface area contributed by atoms with Crippen LogP contribution in [0.4, 0.5) is 5.69 Å². The lowest BCUT2D eigenvalue weighted by Crippen LogP contribution is -2.15. The SMILES string of the molecule is CS(=O)(=O)Cc1c(C(=O)Nc2cccc(OC3CCCC3)c2)oc2ccccc12. The average Bonchev–Trinajstić information content (AvgIpc) is 3.29. The van der Waals surface area contributed by atoms with Gasteiger partial charge in [-0.3, -0.25) is 4.79 Å². The highest BCUT2D eigenvalue weighted by molar-refractivity contribution is 7.89. The first kappa shape index (κ1) is 19.5. The first-order chi connectivity index (χ1) is 13.9. The van der Waals surface area contributed by atoms with E-state index >= 15 is 0 Å². The molecule has 1 amide bonds. The molecule has 0 unspecified atom stereocenters. The quantitative estimate of drug-likeness (QED) is 0.641. The van der Waals surface area contributed by atoms with Crippen LogP contribution in [-0.2, 0) is 15.6 Å². The van der Waals surface area contributed by atoms with Crippen molar-refractivity contribution in [2.75, 3.05) is 11.6 Å². The summed E-state index contributed by atoms with van der Waals surface area (Å²) in [6.45, 7) is 0. The molecule has 6 nitrogen and oxygen atoms in total. The average molecular weight is 413 g/mol. The maximum atomic E-state index is 12.9. The molecule has 29 heavy (non-hydrogen) atoms. The van der Waals surface area contributed by atoms with Gasteiger partial charge < -0.3 is 14.5 Å². The van der Waals surface area contributed by atoms with Crippen molar-refractivity contribution >= 4 is 32.4 Å². The summed E-state index contributed by atoms with van der Waals surface area (Å²) in [5.74, 6) is -0.0373. The van der Waals surface area contributed by atoms with Crippen molar-refractivity contribution < 1.29 is 22.4 Å². The molecule has 152 valence electrons.